The van der Waals surface area contributed by atoms with Crippen LogP contribution in [0, 0.1) is 0 Å². The van der Waals surface area contributed by atoms with Crippen molar-refractivity contribution in [2.45, 2.75) is 50.2 Å². The van der Waals surface area contributed by atoms with E-state index in [0.717, 1.165) is 41.1 Å². The summed E-state index contributed by atoms with van der Waals surface area (Å²) in [5.41, 5.74) is 4.26. The molecule has 3 atom stereocenters. The number of nitrogens with zero attached hydrogens (tertiary/aromatic N) is 2. The Kier molecular flexibility index (Phi) is 4.60. The number of aliphatic hydroxyl groups excluding tert-OH is 1. The third-order valence-corrected chi connectivity index (χ3v) is 8.31. The molecule has 5 heteroatoms. The van der Waals surface area contributed by atoms with Gasteiger partial charge in [0, 0.05) is 15.5 Å². The molecule has 0 aliphatic heterocycles. The van der Waals surface area contributed by atoms with E-state index in [1.165, 1.54) is 21.9 Å². The van der Waals surface area contributed by atoms with Gasteiger partial charge in [0.2, 0.25) is 0 Å². The highest BCUT2D eigenvalue weighted by atomic mass is 32.1. The average molecular weight is 445 g/mol. The number of aromatic nitrogens is 2. The molecule has 1 unspecified atom stereocenters. The molecule has 162 valence electrons. The minimum atomic E-state index is -0.570. The van der Waals surface area contributed by atoms with Gasteiger partial charge in [-0.05, 0) is 83.5 Å². The van der Waals surface area contributed by atoms with E-state index >= 15 is 0 Å². The Hall–Kier alpha value is -2.76. The molecule has 6 rings (SSSR count). The smallest absolute Gasteiger partial charge is 0.119 e. The van der Waals surface area contributed by atoms with Gasteiger partial charge in [0.1, 0.15) is 5.83 Å². The number of hydrogen-bond acceptors (Lipinski definition) is 3. The van der Waals surface area contributed by atoms with Gasteiger partial charge in [0.15, 0.2) is 0 Å². The lowest BCUT2D eigenvalue weighted by atomic mass is 9.66. The van der Waals surface area contributed by atoms with Crippen LogP contribution in [0.3, 0.4) is 0 Å². The molecule has 2 aliphatic carbocycles. The third-order valence-electron chi connectivity index (χ3n) is 7.33. The van der Waals surface area contributed by atoms with Crippen molar-refractivity contribution >= 4 is 32.3 Å². The van der Waals surface area contributed by atoms with E-state index < -0.39 is 6.10 Å². The van der Waals surface area contributed by atoms with Gasteiger partial charge < -0.3 is 5.11 Å². The second-order valence-electron chi connectivity index (χ2n) is 9.27. The van der Waals surface area contributed by atoms with Crippen molar-refractivity contribution in [1.29, 1.82) is 0 Å². The molecule has 0 fully saturated rings. The molecule has 0 saturated heterocycles. The number of fused-ring (bicyclic) bond motifs is 3. The Balaban J connectivity index is 1.44. The second-order valence-corrected chi connectivity index (χ2v) is 10.2. The quantitative estimate of drug-likeness (QED) is 0.372. The second kappa shape index (κ2) is 7.39. The zero-order valence-corrected chi connectivity index (χ0v) is 18.8. The first kappa shape index (κ1) is 19.9. The molecule has 0 amide bonds. The highest BCUT2D eigenvalue weighted by molar-refractivity contribution is 7.17. The largest absolute Gasteiger partial charge is 0.387 e. The number of halogens is 1. The lowest BCUT2D eigenvalue weighted by molar-refractivity contribution is 0.0799. The number of thiophene rings is 1. The number of hydrogen-bond donors (Lipinski definition) is 1. The van der Waals surface area contributed by atoms with Gasteiger partial charge in [-0.15, -0.1) is 11.3 Å². The summed E-state index contributed by atoms with van der Waals surface area (Å²) in [5.74, 6) is -0.180. The Morgan fingerprint density at radius 2 is 2.16 bits per heavy atom. The van der Waals surface area contributed by atoms with Gasteiger partial charge in [0.25, 0.3) is 0 Å². The van der Waals surface area contributed by atoms with Gasteiger partial charge in [-0.25, -0.2) is 4.39 Å². The van der Waals surface area contributed by atoms with Crippen LogP contribution in [0.25, 0.3) is 21.0 Å². The zero-order valence-electron chi connectivity index (χ0n) is 18.0. The number of rotatable bonds is 3. The van der Waals surface area contributed by atoms with Crippen molar-refractivity contribution < 1.29 is 9.50 Å². The van der Waals surface area contributed by atoms with Crippen LogP contribution < -0.4 is 0 Å². The van der Waals surface area contributed by atoms with Crippen LogP contribution >= 0.6 is 11.3 Å². The van der Waals surface area contributed by atoms with E-state index in [0.29, 0.717) is 6.42 Å². The molecule has 2 heterocycles. The van der Waals surface area contributed by atoms with E-state index in [1.807, 2.05) is 29.1 Å². The van der Waals surface area contributed by atoms with E-state index in [-0.39, 0.29) is 17.3 Å². The fraction of sp³-hybridized carbons (Fsp3) is 0.296. The molecular formula is C27H25FN2OS. The lowest BCUT2D eigenvalue weighted by Crippen LogP contribution is -2.34. The van der Waals surface area contributed by atoms with Crippen LogP contribution in [0.15, 0.2) is 72.0 Å². The van der Waals surface area contributed by atoms with Crippen molar-refractivity contribution in [2.24, 2.45) is 0 Å². The number of aliphatic hydroxyl groups is 1. The van der Waals surface area contributed by atoms with Gasteiger partial charge in [-0.1, -0.05) is 31.2 Å². The SMILES string of the molecule is C[C@@]1([C@H](O)c2csc3ccccc23)CCCc2cc3c(cnn3C3C=CC(F)=CC3)cc21. The maximum absolute atomic E-state index is 13.4. The Morgan fingerprint density at radius 1 is 1.28 bits per heavy atom. The number of benzene rings is 2. The minimum Gasteiger partial charge on any atom is -0.387 e. The molecular weight excluding hydrogens is 419 g/mol. The molecule has 0 spiro atoms. The van der Waals surface area contributed by atoms with Crippen LogP contribution in [0.5, 0.6) is 0 Å². The summed E-state index contributed by atoms with van der Waals surface area (Å²) in [7, 11) is 0. The van der Waals surface area contributed by atoms with Gasteiger partial charge in [-0.2, -0.15) is 5.10 Å². The average Bonchev–Trinajstić information content (AvgIpc) is 3.42. The van der Waals surface area contributed by atoms with Crippen LogP contribution in [0.4, 0.5) is 4.39 Å². The summed E-state index contributed by atoms with van der Waals surface area (Å²) >= 11 is 1.70. The molecule has 4 aromatic rings. The summed E-state index contributed by atoms with van der Waals surface area (Å²) in [6.45, 7) is 2.20. The summed E-state index contributed by atoms with van der Waals surface area (Å²) in [5, 5.41) is 20.7. The van der Waals surface area contributed by atoms with Crippen molar-refractivity contribution in [3.63, 3.8) is 0 Å². The predicted octanol–water partition coefficient (Wildman–Crippen LogP) is 6.93. The van der Waals surface area contributed by atoms with Crippen LogP contribution in [-0.4, -0.2) is 14.9 Å². The fourth-order valence-electron chi connectivity index (χ4n) is 5.52. The summed E-state index contributed by atoms with van der Waals surface area (Å²) in [4.78, 5) is 0. The first-order valence-electron chi connectivity index (χ1n) is 11.2. The number of allylic oxidation sites excluding steroid dienone is 4. The topological polar surface area (TPSA) is 38.1 Å². The molecule has 0 saturated carbocycles. The van der Waals surface area contributed by atoms with E-state index in [9.17, 15) is 9.50 Å². The van der Waals surface area contributed by atoms with Crippen molar-refractivity contribution in [2.75, 3.05) is 0 Å². The van der Waals surface area contributed by atoms with Gasteiger partial charge in [0.05, 0.1) is 23.9 Å². The zero-order chi connectivity index (χ0) is 21.9. The van der Waals surface area contributed by atoms with Crippen molar-refractivity contribution in [3.05, 3.63) is 88.7 Å². The molecule has 2 aromatic heterocycles. The molecule has 0 radical (unpaired) electrons. The highest BCUT2D eigenvalue weighted by Crippen LogP contribution is 2.49. The third kappa shape index (κ3) is 2.99. The van der Waals surface area contributed by atoms with Crippen molar-refractivity contribution in [3.8, 4) is 0 Å². The predicted molar refractivity (Wildman–Crippen MR) is 129 cm³/mol. The highest BCUT2D eigenvalue weighted by Gasteiger charge is 2.40. The van der Waals surface area contributed by atoms with Crippen LogP contribution in [0.1, 0.15) is 55.0 Å². The molecule has 32 heavy (non-hydrogen) atoms. The maximum atomic E-state index is 13.4. The van der Waals surface area contributed by atoms with Crippen LogP contribution in [0.2, 0.25) is 0 Å². The molecule has 1 N–H and O–H groups in total. The van der Waals surface area contributed by atoms with Crippen LogP contribution in [-0.2, 0) is 11.8 Å². The monoisotopic (exact) mass is 444 g/mol. The minimum absolute atomic E-state index is 0.0304. The van der Waals surface area contributed by atoms with E-state index in [1.54, 1.807) is 17.4 Å². The molecule has 3 nitrogen and oxygen atoms in total. The first-order valence-corrected chi connectivity index (χ1v) is 12.1. The first-order chi connectivity index (χ1) is 15.5. The Labute approximate surface area is 190 Å². The van der Waals surface area contributed by atoms with E-state index in [2.05, 4.69) is 41.7 Å². The Bertz CT molecular complexity index is 1400. The molecule has 2 aromatic carbocycles. The van der Waals surface area contributed by atoms with Crippen molar-refractivity contribution in [1.82, 2.24) is 9.78 Å². The lowest BCUT2D eigenvalue weighted by Gasteiger charge is -2.40. The normalized spacial score (nSPS) is 24.0. The van der Waals surface area contributed by atoms with Gasteiger partial charge >= 0.3 is 0 Å². The Morgan fingerprint density at radius 3 is 3.00 bits per heavy atom. The summed E-state index contributed by atoms with van der Waals surface area (Å²) in [6, 6.07) is 12.8. The molecule has 0 bridgehead atoms. The fourth-order valence-corrected chi connectivity index (χ4v) is 6.50. The maximum Gasteiger partial charge on any atom is 0.119 e. The number of aryl methyl sites for hydroxylation is 1. The standard InChI is InChI=1S/C27H25FN2OS/c1-27(26(31)22-16-32-25-7-3-2-6-21(22)25)12-4-5-17-14-24-18(13-23(17)27)15-29-30(24)20-10-8-19(28)9-11-20/h2-3,6-10,13-16,20,26,31H,4-5,11-12H2,1H3/t20?,26-,27-/m1/s1. The summed E-state index contributed by atoms with van der Waals surface area (Å²) < 4.78 is 16.7. The van der Waals surface area contributed by atoms with E-state index in [4.69, 9.17) is 0 Å². The molecule has 2 aliphatic rings. The summed E-state index contributed by atoms with van der Waals surface area (Å²) in [6.07, 6.45) is 9.96. The van der Waals surface area contributed by atoms with Gasteiger partial charge in [-0.3, -0.25) is 4.68 Å².